The van der Waals surface area contributed by atoms with Crippen molar-refractivity contribution in [2.24, 2.45) is 0 Å². The van der Waals surface area contributed by atoms with Crippen LogP contribution in [0, 0.1) is 12.7 Å². The second-order valence-corrected chi connectivity index (χ2v) is 8.44. The minimum atomic E-state index is -3.87. The molecule has 0 spiro atoms. The standard InChI is InChI=1S/C21H19ClFNO2S/c1-15-8-5-6-11-17(15)21(16-9-3-2-4-10-16)24-27(25,26)14-18-19(22)12-7-13-20(18)23/h2-13,21,24H,14H2,1H3/t21-/m1/s1. The van der Waals surface area contributed by atoms with Crippen LogP contribution in [-0.4, -0.2) is 8.42 Å². The van der Waals surface area contributed by atoms with Gasteiger partial charge in [-0.25, -0.2) is 17.5 Å². The lowest BCUT2D eigenvalue weighted by molar-refractivity contribution is 0.566. The Morgan fingerprint density at radius 3 is 2.30 bits per heavy atom. The van der Waals surface area contributed by atoms with Crippen molar-refractivity contribution in [3.05, 3.63) is 106 Å². The van der Waals surface area contributed by atoms with E-state index in [0.717, 1.165) is 16.7 Å². The first kappa shape index (κ1) is 19.5. The first-order chi connectivity index (χ1) is 12.9. The predicted molar refractivity (Wildman–Crippen MR) is 107 cm³/mol. The van der Waals surface area contributed by atoms with Gasteiger partial charge in [-0.3, -0.25) is 0 Å². The summed E-state index contributed by atoms with van der Waals surface area (Å²) in [6.07, 6.45) is 0. The van der Waals surface area contributed by atoms with E-state index in [4.69, 9.17) is 11.6 Å². The van der Waals surface area contributed by atoms with Gasteiger partial charge in [-0.2, -0.15) is 0 Å². The molecule has 3 nitrogen and oxygen atoms in total. The van der Waals surface area contributed by atoms with E-state index in [1.54, 1.807) is 0 Å². The molecular formula is C21H19ClFNO2S. The third-order valence-electron chi connectivity index (χ3n) is 4.33. The van der Waals surface area contributed by atoms with Gasteiger partial charge in [0.2, 0.25) is 10.0 Å². The molecule has 0 heterocycles. The van der Waals surface area contributed by atoms with Crippen molar-refractivity contribution < 1.29 is 12.8 Å². The molecule has 27 heavy (non-hydrogen) atoms. The molecule has 0 saturated carbocycles. The van der Waals surface area contributed by atoms with E-state index < -0.39 is 27.6 Å². The Labute approximate surface area is 163 Å². The van der Waals surface area contributed by atoms with Gasteiger partial charge >= 0.3 is 0 Å². The van der Waals surface area contributed by atoms with Gasteiger partial charge in [0.15, 0.2) is 0 Å². The fourth-order valence-corrected chi connectivity index (χ4v) is 4.64. The van der Waals surface area contributed by atoms with Crippen molar-refractivity contribution in [2.75, 3.05) is 0 Å². The molecule has 0 aromatic heterocycles. The van der Waals surface area contributed by atoms with E-state index in [2.05, 4.69) is 4.72 Å². The summed E-state index contributed by atoms with van der Waals surface area (Å²) in [4.78, 5) is 0. The van der Waals surface area contributed by atoms with E-state index >= 15 is 0 Å². The van der Waals surface area contributed by atoms with Crippen LogP contribution in [0.25, 0.3) is 0 Å². The van der Waals surface area contributed by atoms with E-state index in [9.17, 15) is 12.8 Å². The summed E-state index contributed by atoms with van der Waals surface area (Å²) >= 11 is 6.00. The maximum Gasteiger partial charge on any atom is 0.216 e. The lowest BCUT2D eigenvalue weighted by Crippen LogP contribution is -2.31. The van der Waals surface area contributed by atoms with E-state index in [-0.39, 0.29) is 10.6 Å². The second-order valence-electron chi connectivity index (χ2n) is 6.28. The smallest absolute Gasteiger partial charge is 0.212 e. The van der Waals surface area contributed by atoms with Crippen LogP contribution in [0.1, 0.15) is 28.3 Å². The van der Waals surface area contributed by atoms with Crippen molar-refractivity contribution in [3.8, 4) is 0 Å². The molecule has 0 aliphatic rings. The number of hydrogen-bond acceptors (Lipinski definition) is 2. The van der Waals surface area contributed by atoms with Crippen LogP contribution < -0.4 is 4.72 Å². The monoisotopic (exact) mass is 403 g/mol. The number of rotatable bonds is 6. The second kappa shape index (κ2) is 8.21. The van der Waals surface area contributed by atoms with Crippen LogP contribution in [0.5, 0.6) is 0 Å². The maximum absolute atomic E-state index is 14.1. The van der Waals surface area contributed by atoms with E-state index in [0.29, 0.717) is 0 Å². The van der Waals surface area contributed by atoms with Crippen LogP contribution in [0.15, 0.2) is 72.8 Å². The summed E-state index contributed by atoms with van der Waals surface area (Å²) in [6, 6.07) is 20.4. The zero-order chi connectivity index (χ0) is 19.4. The average Bonchev–Trinajstić information content (AvgIpc) is 2.64. The summed E-state index contributed by atoms with van der Waals surface area (Å²) in [5.41, 5.74) is 2.56. The molecule has 3 aromatic carbocycles. The Balaban J connectivity index is 1.98. The molecule has 0 aliphatic heterocycles. The minimum Gasteiger partial charge on any atom is -0.212 e. The molecule has 0 fully saturated rings. The molecular weight excluding hydrogens is 385 g/mol. The largest absolute Gasteiger partial charge is 0.216 e. The van der Waals surface area contributed by atoms with E-state index in [1.165, 1.54) is 18.2 Å². The lowest BCUT2D eigenvalue weighted by Gasteiger charge is -2.22. The van der Waals surface area contributed by atoms with Gasteiger partial charge < -0.3 is 0 Å². The van der Waals surface area contributed by atoms with Gasteiger partial charge in [0, 0.05) is 10.6 Å². The predicted octanol–water partition coefficient (Wildman–Crippen LogP) is 5.00. The summed E-state index contributed by atoms with van der Waals surface area (Å²) in [6.45, 7) is 1.92. The van der Waals surface area contributed by atoms with Gasteiger partial charge in [-0.15, -0.1) is 0 Å². The lowest BCUT2D eigenvalue weighted by atomic mass is 9.96. The molecule has 3 aromatic rings. The van der Waals surface area contributed by atoms with Gasteiger partial charge in [0.1, 0.15) is 5.82 Å². The van der Waals surface area contributed by atoms with Crippen molar-refractivity contribution >= 4 is 21.6 Å². The van der Waals surface area contributed by atoms with Crippen molar-refractivity contribution in [2.45, 2.75) is 18.7 Å². The number of sulfonamides is 1. The number of aryl methyl sites for hydroxylation is 1. The van der Waals surface area contributed by atoms with Crippen LogP contribution in [0.2, 0.25) is 5.02 Å². The zero-order valence-electron chi connectivity index (χ0n) is 14.7. The summed E-state index contributed by atoms with van der Waals surface area (Å²) in [5.74, 6) is -1.17. The van der Waals surface area contributed by atoms with Gasteiger partial charge in [-0.1, -0.05) is 72.3 Å². The highest BCUT2D eigenvalue weighted by Crippen LogP contribution is 2.27. The molecule has 0 radical (unpaired) electrons. The Morgan fingerprint density at radius 2 is 1.63 bits per heavy atom. The molecule has 0 aliphatic carbocycles. The van der Waals surface area contributed by atoms with Gasteiger partial charge in [0.05, 0.1) is 11.8 Å². The van der Waals surface area contributed by atoms with E-state index in [1.807, 2.05) is 61.5 Å². The summed E-state index contributed by atoms with van der Waals surface area (Å²) in [5, 5.41) is 0.0903. The van der Waals surface area contributed by atoms with Gasteiger partial charge in [0.25, 0.3) is 0 Å². The molecule has 0 bridgehead atoms. The molecule has 1 atom stereocenters. The number of hydrogen-bond donors (Lipinski definition) is 1. The van der Waals surface area contributed by atoms with Crippen LogP contribution in [0.3, 0.4) is 0 Å². The quantitative estimate of drug-likeness (QED) is 0.629. The summed E-state index contributed by atoms with van der Waals surface area (Å²) in [7, 11) is -3.87. The Morgan fingerprint density at radius 1 is 0.963 bits per heavy atom. The number of halogens is 2. The molecule has 0 amide bonds. The highest BCUT2D eigenvalue weighted by atomic mass is 35.5. The Bertz CT molecular complexity index is 1020. The highest BCUT2D eigenvalue weighted by molar-refractivity contribution is 7.88. The molecule has 140 valence electrons. The molecule has 0 saturated heterocycles. The third kappa shape index (κ3) is 4.75. The third-order valence-corrected chi connectivity index (χ3v) is 5.94. The van der Waals surface area contributed by atoms with Crippen molar-refractivity contribution in [3.63, 3.8) is 0 Å². The number of nitrogens with one attached hydrogen (secondary N) is 1. The summed E-state index contributed by atoms with van der Waals surface area (Å²) < 4.78 is 42.4. The van der Waals surface area contributed by atoms with Crippen LogP contribution >= 0.6 is 11.6 Å². The zero-order valence-corrected chi connectivity index (χ0v) is 16.3. The Kier molecular flexibility index (Phi) is 5.95. The van der Waals surface area contributed by atoms with Crippen molar-refractivity contribution in [1.82, 2.24) is 4.72 Å². The van der Waals surface area contributed by atoms with Crippen molar-refractivity contribution in [1.29, 1.82) is 0 Å². The van der Waals surface area contributed by atoms with Crippen LogP contribution in [0.4, 0.5) is 4.39 Å². The van der Waals surface area contributed by atoms with Gasteiger partial charge in [-0.05, 0) is 35.7 Å². The first-order valence-corrected chi connectivity index (χ1v) is 10.4. The fraction of sp³-hybridized carbons (Fsp3) is 0.143. The topological polar surface area (TPSA) is 46.2 Å². The highest BCUT2D eigenvalue weighted by Gasteiger charge is 2.24. The molecule has 3 rings (SSSR count). The first-order valence-electron chi connectivity index (χ1n) is 8.41. The molecule has 0 unspecified atom stereocenters. The maximum atomic E-state index is 14.1. The Hall–Kier alpha value is -2.21. The fourth-order valence-electron chi connectivity index (χ4n) is 2.95. The number of benzene rings is 3. The average molecular weight is 404 g/mol. The SMILES string of the molecule is Cc1ccccc1[C@H](NS(=O)(=O)Cc1c(F)cccc1Cl)c1ccccc1. The molecule has 1 N–H and O–H groups in total. The molecule has 6 heteroatoms. The van der Waals surface area contributed by atoms with Crippen LogP contribution in [-0.2, 0) is 15.8 Å². The normalized spacial score (nSPS) is 12.7. The minimum absolute atomic E-state index is 0.0386.